The Bertz CT molecular complexity index is 641. The highest BCUT2D eigenvalue weighted by Gasteiger charge is 2.13. The summed E-state index contributed by atoms with van der Waals surface area (Å²) in [5.41, 5.74) is 2.18. The topological polar surface area (TPSA) is 52.6 Å². The van der Waals surface area contributed by atoms with Crippen molar-refractivity contribution >= 4 is 23.2 Å². The van der Waals surface area contributed by atoms with E-state index in [0.717, 1.165) is 5.69 Å². The van der Waals surface area contributed by atoms with Crippen molar-refractivity contribution in [2.75, 3.05) is 25.5 Å². The molecule has 0 radical (unpaired) electrons. The van der Waals surface area contributed by atoms with Gasteiger partial charge in [-0.05, 0) is 30.3 Å². The smallest absolute Gasteiger partial charge is 0.251 e. The van der Waals surface area contributed by atoms with Gasteiger partial charge in [-0.15, -0.1) is 0 Å². The summed E-state index contributed by atoms with van der Waals surface area (Å²) in [6.45, 7) is 0.109. The summed E-state index contributed by atoms with van der Waals surface area (Å²) in [6, 6.07) is 14.3. The van der Waals surface area contributed by atoms with Gasteiger partial charge < -0.3 is 15.3 Å². The van der Waals surface area contributed by atoms with Gasteiger partial charge in [0, 0.05) is 42.5 Å². The first-order valence-corrected chi connectivity index (χ1v) is 7.35. The second kappa shape index (κ2) is 7.29. The molecule has 0 spiro atoms. The molecule has 0 aliphatic rings. The molecule has 0 saturated heterocycles. The van der Waals surface area contributed by atoms with E-state index in [4.69, 9.17) is 11.6 Å². The third-order valence-corrected chi connectivity index (χ3v) is 3.71. The standard InChI is InChI=1S/C17H19ClN2O2/c1-20(2)13-9-7-12(8-10-13)17(22)19-11-16(21)14-5-3-4-6-15(14)18/h3-10,16,21H,11H2,1-2H3,(H,19,22). The first-order chi connectivity index (χ1) is 10.5. The minimum atomic E-state index is -0.835. The molecule has 0 fully saturated rings. The molecule has 2 rings (SSSR count). The number of rotatable bonds is 5. The van der Waals surface area contributed by atoms with E-state index < -0.39 is 6.10 Å². The molecule has 5 heteroatoms. The van der Waals surface area contributed by atoms with Crippen LogP contribution in [0.1, 0.15) is 22.0 Å². The van der Waals surface area contributed by atoms with Crippen LogP contribution < -0.4 is 10.2 Å². The molecule has 2 N–H and O–H groups in total. The van der Waals surface area contributed by atoms with Crippen molar-refractivity contribution in [1.82, 2.24) is 5.32 Å². The predicted molar refractivity (Wildman–Crippen MR) is 89.5 cm³/mol. The van der Waals surface area contributed by atoms with E-state index in [1.807, 2.05) is 31.1 Å². The Kier molecular flexibility index (Phi) is 5.41. The molecule has 0 saturated carbocycles. The maximum atomic E-state index is 12.1. The summed E-state index contributed by atoms with van der Waals surface area (Å²) < 4.78 is 0. The maximum absolute atomic E-state index is 12.1. The fourth-order valence-corrected chi connectivity index (χ4v) is 2.32. The molecule has 116 valence electrons. The summed E-state index contributed by atoms with van der Waals surface area (Å²) in [7, 11) is 3.88. The van der Waals surface area contributed by atoms with Gasteiger partial charge >= 0.3 is 0 Å². The monoisotopic (exact) mass is 318 g/mol. The number of anilines is 1. The minimum Gasteiger partial charge on any atom is -0.387 e. The normalized spacial score (nSPS) is 11.8. The highest BCUT2D eigenvalue weighted by molar-refractivity contribution is 6.31. The van der Waals surface area contributed by atoms with Crippen molar-refractivity contribution in [1.29, 1.82) is 0 Å². The van der Waals surface area contributed by atoms with Crippen LogP contribution in [0, 0.1) is 0 Å². The number of amides is 1. The van der Waals surface area contributed by atoms with Gasteiger partial charge in [-0.3, -0.25) is 4.79 Å². The Morgan fingerprint density at radius 2 is 1.82 bits per heavy atom. The maximum Gasteiger partial charge on any atom is 0.251 e. The second-order valence-electron chi connectivity index (χ2n) is 5.19. The molecule has 22 heavy (non-hydrogen) atoms. The van der Waals surface area contributed by atoms with Crippen LogP contribution >= 0.6 is 11.6 Å². The zero-order valence-corrected chi connectivity index (χ0v) is 13.3. The molecule has 0 aromatic heterocycles. The molecule has 4 nitrogen and oxygen atoms in total. The summed E-state index contributed by atoms with van der Waals surface area (Å²) in [5.74, 6) is -0.226. The number of aliphatic hydroxyl groups excluding tert-OH is 1. The van der Waals surface area contributed by atoms with Crippen LogP contribution in [-0.2, 0) is 0 Å². The largest absolute Gasteiger partial charge is 0.387 e. The molecular formula is C17H19ClN2O2. The van der Waals surface area contributed by atoms with Crippen molar-refractivity contribution < 1.29 is 9.90 Å². The molecule has 0 aliphatic carbocycles. The summed E-state index contributed by atoms with van der Waals surface area (Å²) in [4.78, 5) is 14.0. The third-order valence-electron chi connectivity index (χ3n) is 3.37. The third kappa shape index (κ3) is 4.00. The van der Waals surface area contributed by atoms with E-state index in [-0.39, 0.29) is 12.5 Å². The van der Waals surface area contributed by atoms with Crippen LogP contribution in [0.2, 0.25) is 5.02 Å². The Morgan fingerprint density at radius 1 is 1.18 bits per heavy atom. The number of halogens is 1. The van der Waals surface area contributed by atoms with Gasteiger partial charge in [0.1, 0.15) is 0 Å². The average molecular weight is 319 g/mol. The van der Waals surface area contributed by atoms with Gasteiger partial charge in [-0.2, -0.15) is 0 Å². The number of hydrogen-bond donors (Lipinski definition) is 2. The molecule has 0 aliphatic heterocycles. The fourth-order valence-electron chi connectivity index (χ4n) is 2.06. The molecule has 1 amide bonds. The molecule has 0 bridgehead atoms. The quantitative estimate of drug-likeness (QED) is 0.891. The number of aliphatic hydroxyl groups is 1. The van der Waals surface area contributed by atoms with Gasteiger partial charge in [-0.1, -0.05) is 29.8 Å². The van der Waals surface area contributed by atoms with Crippen molar-refractivity contribution in [3.63, 3.8) is 0 Å². The minimum absolute atomic E-state index is 0.109. The van der Waals surface area contributed by atoms with E-state index in [2.05, 4.69) is 5.32 Å². The number of carbonyl (C=O) groups is 1. The van der Waals surface area contributed by atoms with Crippen LogP contribution in [0.15, 0.2) is 48.5 Å². The van der Waals surface area contributed by atoms with Crippen LogP contribution in [0.4, 0.5) is 5.69 Å². The number of benzene rings is 2. The zero-order valence-electron chi connectivity index (χ0n) is 12.6. The number of nitrogens with one attached hydrogen (secondary N) is 1. The molecule has 0 heterocycles. The van der Waals surface area contributed by atoms with Gasteiger partial charge in [0.05, 0.1) is 6.10 Å². The summed E-state index contributed by atoms with van der Waals surface area (Å²) in [5, 5.41) is 13.3. The van der Waals surface area contributed by atoms with E-state index in [1.54, 1.807) is 36.4 Å². The Hall–Kier alpha value is -2.04. The molecule has 1 atom stereocenters. The number of hydrogen-bond acceptors (Lipinski definition) is 3. The first kappa shape index (κ1) is 16.3. The predicted octanol–water partition coefficient (Wildman–Crippen LogP) is 2.87. The lowest BCUT2D eigenvalue weighted by Crippen LogP contribution is -2.28. The van der Waals surface area contributed by atoms with E-state index >= 15 is 0 Å². The molecule has 1 unspecified atom stereocenters. The second-order valence-corrected chi connectivity index (χ2v) is 5.60. The average Bonchev–Trinajstić information content (AvgIpc) is 2.52. The van der Waals surface area contributed by atoms with Crippen LogP contribution in [-0.4, -0.2) is 31.7 Å². The van der Waals surface area contributed by atoms with Crippen molar-refractivity contribution in [3.8, 4) is 0 Å². The fraction of sp³-hybridized carbons (Fsp3) is 0.235. The lowest BCUT2D eigenvalue weighted by Gasteiger charge is -2.15. The molecule has 2 aromatic carbocycles. The summed E-state index contributed by atoms with van der Waals surface area (Å²) >= 11 is 6.02. The van der Waals surface area contributed by atoms with E-state index in [1.165, 1.54) is 0 Å². The zero-order chi connectivity index (χ0) is 16.1. The Morgan fingerprint density at radius 3 is 2.41 bits per heavy atom. The highest BCUT2D eigenvalue weighted by atomic mass is 35.5. The van der Waals surface area contributed by atoms with Crippen LogP contribution in [0.5, 0.6) is 0 Å². The van der Waals surface area contributed by atoms with Gasteiger partial charge in [0.25, 0.3) is 5.91 Å². The van der Waals surface area contributed by atoms with Crippen molar-refractivity contribution in [3.05, 3.63) is 64.7 Å². The Labute approximate surface area is 135 Å². The van der Waals surface area contributed by atoms with Crippen LogP contribution in [0.3, 0.4) is 0 Å². The SMILES string of the molecule is CN(C)c1ccc(C(=O)NCC(O)c2ccccc2Cl)cc1. The lowest BCUT2D eigenvalue weighted by atomic mass is 10.1. The lowest BCUT2D eigenvalue weighted by molar-refractivity contribution is 0.0916. The van der Waals surface area contributed by atoms with Gasteiger partial charge in [0.15, 0.2) is 0 Å². The number of nitrogens with zero attached hydrogens (tertiary/aromatic N) is 1. The van der Waals surface area contributed by atoms with Crippen molar-refractivity contribution in [2.45, 2.75) is 6.10 Å². The first-order valence-electron chi connectivity index (χ1n) is 6.97. The molecule has 2 aromatic rings. The Balaban J connectivity index is 1.96. The highest BCUT2D eigenvalue weighted by Crippen LogP contribution is 2.22. The summed E-state index contributed by atoms with van der Waals surface area (Å²) in [6.07, 6.45) is -0.835. The van der Waals surface area contributed by atoms with Crippen molar-refractivity contribution in [2.24, 2.45) is 0 Å². The molecular weight excluding hydrogens is 300 g/mol. The van der Waals surface area contributed by atoms with E-state index in [9.17, 15) is 9.90 Å². The van der Waals surface area contributed by atoms with Gasteiger partial charge in [0.2, 0.25) is 0 Å². The van der Waals surface area contributed by atoms with Gasteiger partial charge in [-0.25, -0.2) is 0 Å². The van der Waals surface area contributed by atoms with Crippen LogP contribution in [0.25, 0.3) is 0 Å². The number of carbonyl (C=O) groups excluding carboxylic acids is 1. The van der Waals surface area contributed by atoms with E-state index in [0.29, 0.717) is 16.1 Å².